The van der Waals surface area contributed by atoms with Crippen LogP contribution in [0.5, 0.6) is 0 Å². The summed E-state index contributed by atoms with van der Waals surface area (Å²) in [6.07, 6.45) is 3.23. The highest BCUT2D eigenvalue weighted by molar-refractivity contribution is 5.94. The second kappa shape index (κ2) is 9.75. The molecule has 0 aliphatic carbocycles. The van der Waals surface area contributed by atoms with Gasteiger partial charge < -0.3 is 20.4 Å². The smallest absolute Gasteiger partial charge is 0.254 e. The number of nitrogens with two attached hydrogens (primary N) is 1. The van der Waals surface area contributed by atoms with Crippen LogP contribution in [0.15, 0.2) is 22.8 Å². The highest BCUT2D eigenvalue weighted by atomic mass is 35.5. The molecule has 1 amide bonds. The minimum atomic E-state index is -0.106. The van der Waals surface area contributed by atoms with Crippen LogP contribution >= 0.6 is 24.8 Å². The molecular weight excluding hydrogens is 377 g/mol. The predicted molar refractivity (Wildman–Crippen MR) is 105 cm³/mol. The van der Waals surface area contributed by atoms with Gasteiger partial charge in [0.05, 0.1) is 12.1 Å². The van der Waals surface area contributed by atoms with Crippen LogP contribution < -0.4 is 16.0 Å². The van der Waals surface area contributed by atoms with E-state index in [1.807, 2.05) is 19.9 Å². The van der Waals surface area contributed by atoms with Crippen LogP contribution in [-0.4, -0.2) is 35.0 Å². The number of carbonyl (C=O) groups excluding carboxylic acids is 1. The molecule has 1 aliphatic rings. The molecule has 0 aromatic carbocycles. The summed E-state index contributed by atoms with van der Waals surface area (Å²) >= 11 is 0. The maximum Gasteiger partial charge on any atom is 0.254 e. The molecule has 1 saturated heterocycles. The fourth-order valence-corrected chi connectivity index (χ4v) is 2.99. The lowest BCUT2D eigenvalue weighted by molar-refractivity contribution is 0.0930. The zero-order chi connectivity index (χ0) is 17.1. The van der Waals surface area contributed by atoms with Gasteiger partial charge in [0, 0.05) is 30.9 Å². The minimum Gasteiger partial charge on any atom is -0.467 e. The third kappa shape index (κ3) is 5.33. The van der Waals surface area contributed by atoms with Crippen LogP contribution in [0.4, 0.5) is 5.82 Å². The van der Waals surface area contributed by atoms with E-state index in [0.29, 0.717) is 17.9 Å². The first-order valence-electron chi connectivity index (χ1n) is 8.20. The van der Waals surface area contributed by atoms with Crippen molar-refractivity contribution in [3.63, 3.8) is 0 Å². The summed E-state index contributed by atoms with van der Waals surface area (Å²) in [7, 11) is 0. The van der Waals surface area contributed by atoms with E-state index in [2.05, 4.69) is 20.2 Å². The lowest BCUT2D eigenvalue weighted by atomic mass is 10.0. The van der Waals surface area contributed by atoms with E-state index in [9.17, 15) is 4.79 Å². The topological polar surface area (TPSA) is 97.3 Å². The molecule has 0 unspecified atom stereocenters. The molecule has 0 atom stereocenters. The molecule has 3 rings (SSSR count). The first-order valence-corrected chi connectivity index (χ1v) is 8.20. The number of rotatable bonds is 4. The van der Waals surface area contributed by atoms with Crippen molar-refractivity contribution in [1.29, 1.82) is 0 Å². The molecule has 144 valence electrons. The summed E-state index contributed by atoms with van der Waals surface area (Å²) in [5, 5.41) is 3.07. The number of piperidine rings is 1. The van der Waals surface area contributed by atoms with Gasteiger partial charge >= 0.3 is 0 Å². The van der Waals surface area contributed by atoms with E-state index >= 15 is 0 Å². The van der Waals surface area contributed by atoms with Gasteiger partial charge in [-0.15, -0.1) is 24.8 Å². The highest BCUT2D eigenvalue weighted by Crippen LogP contribution is 2.19. The summed E-state index contributed by atoms with van der Waals surface area (Å²) in [5.74, 6) is 2.26. The Hall–Kier alpha value is -1.83. The van der Waals surface area contributed by atoms with Gasteiger partial charge in [-0.1, -0.05) is 0 Å². The summed E-state index contributed by atoms with van der Waals surface area (Å²) in [4.78, 5) is 23.3. The Labute approximate surface area is 165 Å². The number of aromatic nitrogens is 2. The number of anilines is 1. The fraction of sp³-hybridized carbons (Fsp3) is 0.471. The van der Waals surface area contributed by atoms with Crippen molar-refractivity contribution in [2.24, 2.45) is 5.73 Å². The summed E-state index contributed by atoms with van der Waals surface area (Å²) in [5.41, 5.74) is 7.00. The lowest BCUT2D eigenvalue weighted by Gasteiger charge is -2.33. The summed E-state index contributed by atoms with van der Waals surface area (Å²) < 4.78 is 5.21. The monoisotopic (exact) mass is 401 g/mol. The SMILES string of the molecule is Cc1cc(N2CCC(NC(=O)c3coc(CN)c3)CC2)nc(C)n1.Cl.Cl. The Morgan fingerprint density at radius 1 is 1.27 bits per heavy atom. The van der Waals surface area contributed by atoms with Crippen molar-refractivity contribution < 1.29 is 9.21 Å². The van der Waals surface area contributed by atoms with Gasteiger partial charge in [0.1, 0.15) is 23.7 Å². The minimum absolute atomic E-state index is 0. The van der Waals surface area contributed by atoms with E-state index in [1.165, 1.54) is 6.26 Å². The Bertz CT molecular complexity index is 709. The van der Waals surface area contributed by atoms with Crippen LogP contribution in [0.25, 0.3) is 0 Å². The van der Waals surface area contributed by atoms with Crippen LogP contribution in [0.2, 0.25) is 0 Å². The lowest BCUT2D eigenvalue weighted by Crippen LogP contribution is -2.45. The van der Waals surface area contributed by atoms with Gasteiger partial charge in [0.2, 0.25) is 0 Å². The van der Waals surface area contributed by atoms with Gasteiger partial charge in [0.15, 0.2) is 0 Å². The molecule has 3 heterocycles. The Kier molecular flexibility index (Phi) is 8.33. The van der Waals surface area contributed by atoms with Gasteiger partial charge in [-0.25, -0.2) is 9.97 Å². The zero-order valence-corrected chi connectivity index (χ0v) is 16.5. The van der Waals surface area contributed by atoms with Crippen LogP contribution in [0.3, 0.4) is 0 Å². The average Bonchev–Trinajstić information content (AvgIpc) is 3.04. The number of hydrogen-bond donors (Lipinski definition) is 2. The second-order valence-electron chi connectivity index (χ2n) is 6.16. The van der Waals surface area contributed by atoms with Gasteiger partial charge in [-0.2, -0.15) is 0 Å². The number of amides is 1. The predicted octanol–water partition coefficient (Wildman–Crippen LogP) is 2.39. The molecule has 0 bridgehead atoms. The Morgan fingerprint density at radius 2 is 1.96 bits per heavy atom. The maximum absolute atomic E-state index is 12.2. The number of nitrogens with zero attached hydrogens (tertiary/aromatic N) is 3. The molecule has 26 heavy (non-hydrogen) atoms. The number of furan rings is 1. The molecular formula is C17H25Cl2N5O2. The standard InChI is InChI=1S/C17H23N5O2.2ClH/c1-11-7-16(20-12(2)19-11)22-5-3-14(4-6-22)21-17(23)13-8-15(9-18)24-10-13;;/h7-8,10,14H,3-6,9,18H2,1-2H3,(H,21,23);2*1H. The molecule has 0 radical (unpaired) electrons. The van der Waals surface area contributed by atoms with Gasteiger partial charge in [-0.05, 0) is 32.8 Å². The first-order chi connectivity index (χ1) is 11.5. The number of nitrogens with one attached hydrogen (secondary N) is 1. The van der Waals surface area contributed by atoms with Gasteiger partial charge in [0.25, 0.3) is 5.91 Å². The number of carbonyl (C=O) groups is 1. The second-order valence-corrected chi connectivity index (χ2v) is 6.16. The normalized spacial score (nSPS) is 14.3. The third-order valence-corrected chi connectivity index (χ3v) is 4.22. The first kappa shape index (κ1) is 22.2. The molecule has 9 heteroatoms. The van der Waals surface area contributed by atoms with E-state index < -0.39 is 0 Å². The average molecular weight is 402 g/mol. The summed E-state index contributed by atoms with van der Waals surface area (Å²) in [6.45, 7) is 5.90. The van der Waals surface area contributed by atoms with Crippen molar-refractivity contribution in [3.05, 3.63) is 41.2 Å². The third-order valence-electron chi connectivity index (χ3n) is 4.22. The van der Waals surface area contributed by atoms with Crippen molar-refractivity contribution in [2.75, 3.05) is 18.0 Å². The number of aryl methyl sites for hydroxylation is 2. The van der Waals surface area contributed by atoms with Crippen LogP contribution in [0.1, 0.15) is 40.5 Å². The zero-order valence-electron chi connectivity index (χ0n) is 14.9. The Morgan fingerprint density at radius 3 is 2.54 bits per heavy atom. The molecule has 1 fully saturated rings. The van der Waals surface area contributed by atoms with Crippen molar-refractivity contribution >= 4 is 36.5 Å². The van der Waals surface area contributed by atoms with E-state index in [-0.39, 0.29) is 36.8 Å². The molecule has 2 aromatic heterocycles. The van der Waals surface area contributed by atoms with Crippen molar-refractivity contribution in [2.45, 2.75) is 39.3 Å². The molecule has 3 N–H and O–H groups in total. The van der Waals surface area contributed by atoms with Crippen molar-refractivity contribution in [3.8, 4) is 0 Å². The molecule has 0 spiro atoms. The van der Waals surface area contributed by atoms with Crippen molar-refractivity contribution in [1.82, 2.24) is 15.3 Å². The van der Waals surface area contributed by atoms with E-state index in [0.717, 1.165) is 43.3 Å². The largest absolute Gasteiger partial charge is 0.467 e. The number of halogens is 2. The molecule has 7 nitrogen and oxygen atoms in total. The van der Waals surface area contributed by atoms with E-state index in [4.69, 9.17) is 10.2 Å². The summed E-state index contributed by atoms with van der Waals surface area (Å²) in [6, 6.07) is 3.86. The van der Waals surface area contributed by atoms with E-state index in [1.54, 1.807) is 6.07 Å². The molecule has 0 saturated carbocycles. The fourth-order valence-electron chi connectivity index (χ4n) is 2.99. The maximum atomic E-state index is 12.2. The van der Waals surface area contributed by atoms with Gasteiger partial charge in [-0.3, -0.25) is 4.79 Å². The molecule has 2 aromatic rings. The Balaban J connectivity index is 0.00000169. The molecule has 1 aliphatic heterocycles. The number of hydrogen-bond acceptors (Lipinski definition) is 6. The quantitative estimate of drug-likeness (QED) is 0.815. The van der Waals surface area contributed by atoms with Crippen LogP contribution in [0, 0.1) is 13.8 Å². The van der Waals surface area contributed by atoms with Crippen LogP contribution in [-0.2, 0) is 6.54 Å². The highest BCUT2D eigenvalue weighted by Gasteiger charge is 2.23.